The van der Waals surface area contributed by atoms with Crippen molar-refractivity contribution in [1.29, 1.82) is 0 Å². The van der Waals surface area contributed by atoms with E-state index in [0.717, 1.165) is 48.3 Å². The molecule has 1 saturated heterocycles. The average molecular weight is 313 g/mol. The van der Waals surface area contributed by atoms with E-state index in [1.807, 2.05) is 30.3 Å². The van der Waals surface area contributed by atoms with Crippen molar-refractivity contribution in [1.82, 2.24) is 30.0 Å². The Morgan fingerprint density at radius 1 is 1.14 bits per heavy atom. The summed E-state index contributed by atoms with van der Waals surface area (Å²) >= 11 is 1.46. The van der Waals surface area contributed by atoms with Crippen molar-refractivity contribution < 1.29 is 0 Å². The Morgan fingerprint density at radius 3 is 2.68 bits per heavy atom. The molecule has 112 valence electrons. The van der Waals surface area contributed by atoms with Gasteiger partial charge in [-0.05, 0) is 12.8 Å². The van der Waals surface area contributed by atoms with Crippen LogP contribution in [-0.2, 0) is 0 Å². The summed E-state index contributed by atoms with van der Waals surface area (Å²) in [7, 11) is 0. The van der Waals surface area contributed by atoms with Gasteiger partial charge in [-0.15, -0.1) is 10.2 Å². The van der Waals surface area contributed by atoms with E-state index in [0.29, 0.717) is 5.92 Å². The smallest absolute Gasteiger partial charge is 0.205 e. The fraction of sp³-hybridized carbons (Fsp3) is 0.357. The molecule has 7 nitrogen and oxygen atoms in total. The Morgan fingerprint density at radius 2 is 1.95 bits per heavy atom. The Hall–Kier alpha value is -2.35. The van der Waals surface area contributed by atoms with E-state index >= 15 is 0 Å². The van der Waals surface area contributed by atoms with E-state index in [4.69, 9.17) is 0 Å². The molecule has 1 fully saturated rings. The van der Waals surface area contributed by atoms with Crippen LogP contribution in [0.3, 0.4) is 0 Å². The van der Waals surface area contributed by atoms with Crippen LogP contribution in [0.5, 0.6) is 0 Å². The first-order valence-electron chi connectivity index (χ1n) is 7.27. The van der Waals surface area contributed by atoms with Crippen LogP contribution in [0, 0.1) is 0 Å². The normalized spacial score (nSPS) is 16.1. The second-order valence-corrected chi connectivity index (χ2v) is 6.03. The molecule has 3 heterocycles. The van der Waals surface area contributed by atoms with Gasteiger partial charge in [0, 0.05) is 36.1 Å². The highest BCUT2D eigenvalue weighted by molar-refractivity contribution is 7.09. The molecule has 3 aromatic rings. The number of nitrogens with one attached hydrogen (secondary N) is 1. The summed E-state index contributed by atoms with van der Waals surface area (Å²) in [6.07, 6.45) is 2.03. The summed E-state index contributed by atoms with van der Waals surface area (Å²) in [5, 5.41) is 15.3. The van der Waals surface area contributed by atoms with Crippen LogP contribution < -0.4 is 4.90 Å². The van der Waals surface area contributed by atoms with E-state index in [-0.39, 0.29) is 0 Å². The van der Waals surface area contributed by atoms with Gasteiger partial charge in [0.05, 0.1) is 0 Å². The Balaban J connectivity index is 1.45. The van der Waals surface area contributed by atoms with E-state index in [9.17, 15) is 0 Å². The molecule has 0 spiro atoms. The third-order valence-corrected chi connectivity index (χ3v) is 4.72. The summed E-state index contributed by atoms with van der Waals surface area (Å²) in [5.74, 6) is 2.01. The molecule has 0 saturated carbocycles. The molecule has 8 heteroatoms. The quantitative estimate of drug-likeness (QED) is 0.797. The maximum Gasteiger partial charge on any atom is 0.205 e. The number of rotatable bonds is 3. The molecule has 22 heavy (non-hydrogen) atoms. The lowest BCUT2D eigenvalue weighted by atomic mass is 9.97. The lowest BCUT2D eigenvalue weighted by molar-refractivity contribution is 0.485. The van der Waals surface area contributed by atoms with Crippen molar-refractivity contribution in [2.45, 2.75) is 18.8 Å². The number of aromatic nitrogens is 6. The first-order chi connectivity index (χ1) is 10.9. The van der Waals surface area contributed by atoms with Gasteiger partial charge in [0.15, 0.2) is 11.6 Å². The van der Waals surface area contributed by atoms with Crippen molar-refractivity contribution >= 4 is 16.7 Å². The van der Waals surface area contributed by atoms with Gasteiger partial charge in [-0.2, -0.15) is 14.6 Å². The summed E-state index contributed by atoms with van der Waals surface area (Å²) < 4.78 is 4.48. The van der Waals surface area contributed by atoms with Crippen LogP contribution in [0.1, 0.15) is 24.6 Å². The predicted octanol–water partition coefficient (Wildman–Crippen LogP) is 2.10. The Bertz CT molecular complexity index is 717. The third kappa shape index (κ3) is 2.57. The summed E-state index contributed by atoms with van der Waals surface area (Å²) in [6, 6.07) is 10.1. The lowest BCUT2D eigenvalue weighted by Gasteiger charge is -2.29. The minimum atomic E-state index is 0.386. The zero-order valence-electron chi connectivity index (χ0n) is 11.9. The molecule has 1 aliphatic rings. The monoisotopic (exact) mass is 313 g/mol. The maximum atomic E-state index is 4.68. The van der Waals surface area contributed by atoms with Gasteiger partial charge in [-0.25, -0.2) is 0 Å². The van der Waals surface area contributed by atoms with Gasteiger partial charge < -0.3 is 4.90 Å². The molecule has 1 N–H and O–H groups in total. The molecular formula is C14H15N7S. The fourth-order valence-corrected chi connectivity index (χ4v) is 3.46. The first kappa shape index (κ1) is 13.3. The molecule has 0 amide bonds. The van der Waals surface area contributed by atoms with E-state index < -0.39 is 0 Å². The predicted molar refractivity (Wildman–Crippen MR) is 83.7 cm³/mol. The van der Waals surface area contributed by atoms with Crippen molar-refractivity contribution in [2.24, 2.45) is 0 Å². The van der Waals surface area contributed by atoms with Gasteiger partial charge in [0.2, 0.25) is 5.13 Å². The number of hydrogen-bond acceptors (Lipinski definition) is 7. The molecule has 0 aliphatic carbocycles. The third-order valence-electron chi connectivity index (χ3n) is 3.94. The zero-order chi connectivity index (χ0) is 14.8. The van der Waals surface area contributed by atoms with E-state index in [2.05, 4.69) is 34.9 Å². The molecule has 0 radical (unpaired) electrons. The van der Waals surface area contributed by atoms with Gasteiger partial charge in [0.25, 0.3) is 0 Å². The van der Waals surface area contributed by atoms with E-state index in [1.165, 1.54) is 11.5 Å². The van der Waals surface area contributed by atoms with Gasteiger partial charge in [0.1, 0.15) is 0 Å². The second-order valence-electron chi connectivity index (χ2n) is 5.30. The number of hydrogen-bond donors (Lipinski definition) is 1. The summed E-state index contributed by atoms with van der Waals surface area (Å²) in [4.78, 5) is 6.97. The van der Waals surface area contributed by atoms with Crippen molar-refractivity contribution in [3.63, 3.8) is 0 Å². The fourth-order valence-electron chi connectivity index (χ4n) is 2.72. The summed E-state index contributed by atoms with van der Waals surface area (Å²) in [5.41, 5.74) is 1.06. The largest absolute Gasteiger partial charge is 0.347 e. The Kier molecular flexibility index (Phi) is 3.51. The van der Waals surface area contributed by atoms with Crippen LogP contribution in [0.4, 0.5) is 5.13 Å². The number of aromatic amines is 1. The number of tetrazole rings is 1. The molecule has 0 bridgehead atoms. The van der Waals surface area contributed by atoms with Gasteiger partial charge >= 0.3 is 0 Å². The van der Waals surface area contributed by atoms with Gasteiger partial charge in [-0.1, -0.05) is 35.5 Å². The highest BCUT2D eigenvalue weighted by Gasteiger charge is 2.25. The zero-order valence-corrected chi connectivity index (χ0v) is 12.7. The first-order valence-corrected chi connectivity index (χ1v) is 8.05. The van der Waals surface area contributed by atoms with Crippen molar-refractivity contribution in [2.75, 3.05) is 18.0 Å². The SMILES string of the molecule is c1ccc(-c2nsc(N3CCC(c4nn[nH]n4)CC3)n2)cc1. The van der Waals surface area contributed by atoms with Crippen LogP contribution in [0.15, 0.2) is 30.3 Å². The molecule has 1 aromatic carbocycles. The molecular weight excluding hydrogens is 298 g/mol. The molecule has 4 rings (SSSR count). The molecule has 0 unspecified atom stereocenters. The van der Waals surface area contributed by atoms with Crippen LogP contribution in [0.2, 0.25) is 0 Å². The molecule has 0 atom stereocenters. The maximum absolute atomic E-state index is 4.68. The summed E-state index contributed by atoms with van der Waals surface area (Å²) in [6.45, 7) is 1.89. The number of anilines is 1. The molecule has 1 aliphatic heterocycles. The highest BCUT2D eigenvalue weighted by atomic mass is 32.1. The van der Waals surface area contributed by atoms with Crippen LogP contribution in [-0.4, -0.2) is 43.1 Å². The Labute approximate surface area is 131 Å². The number of H-pyrrole nitrogens is 1. The standard InChI is InChI=1S/C14H15N7S/c1-2-4-10(5-3-1)12-15-14(22-18-12)21-8-6-11(7-9-21)13-16-19-20-17-13/h1-5,11H,6-9H2,(H,16,17,19,20). The number of benzene rings is 1. The second kappa shape index (κ2) is 5.80. The van der Waals surface area contributed by atoms with Crippen LogP contribution in [0.25, 0.3) is 11.4 Å². The van der Waals surface area contributed by atoms with Gasteiger partial charge in [-0.3, -0.25) is 0 Å². The van der Waals surface area contributed by atoms with Crippen LogP contribution >= 0.6 is 11.5 Å². The van der Waals surface area contributed by atoms with E-state index in [1.54, 1.807) is 0 Å². The minimum Gasteiger partial charge on any atom is -0.347 e. The number of nitrogens with zero attached hydrogens (tertiary/aromatic N) is 6. The van der Waals surface area contributed by atoms with Crippen molar-refractivity contribution in [3.05, 3.63) is 36.2 Å². The average Bonchev–Trinajstić information content (AvgIpc) is 3.28. The number of piperidine rings is 1. The lowest BCUT2D eigenvalue weighted by Crippen LogP contribution is -2.33. The highest BCUT2D eigenvalue weighted by Crippen LogP contribution is 2.30. The van der Waals surface area contributed by atoms with Crippen molar-refractivity contribution in [3.8, 4) is 11.4 Å². The topological polar surface area (TPSA) is 83.5 Å². The minimum absolute atomic E-state index is 0.386. The molecule has 2 aromatic heterocycles.